The maximum Gasteiger partial charge on any atom is 0.161 e. The van der Waals surface area contributed by atoms with E-state index in [0.717, 1.165) is 6.42 Å². The Morgan fingerprint density at radius 1 is 1.43 bits per heavy atom. The highest BCUT2D eigenvalue weighted by molar-refractivity contribution is 6.18. The van der Waals surface area contributed by atoms with Crippen LogP contribution in [0.15, 0.2) is 0 Å². The van der Waals surface area contributed by atoms with Gasteiger partial charge in [-0.25, -0.2) is 0 Å². The highest BCUT2D eigenvalue weighted by Gasteiger charge is 2.30. The van der Waals surface area contributed by atoms with Gasteiger partial charge in [-0.05, 0) is 12.8 Å². The molecule has 0 aliphatic carbocycles. The van der Waals surface area contributed by atoms with Gasteiger partial charge in [-0.3, -0.25) is 0 Å². The molecule has 0 saturated carbocycles. The van der Waals surface area contributed by atoms with Gasteiger partial charge in [-0.15, -0.1) is 11.6 Å². The van der Waals surface area contributed by atoms with Crippen LogP contribution in [-0.2, 0) is 9.47 Å². The van der Waals surface area contributed by atoms with Crippen molar-refractivity contribution in [3.8, 4) is 0 Å². The number of rotatable bonds is 6. The van der Waals surface area contributed by atoms with E-state index in [-0.39, 0.29) is 12.4 Å². The second-order valence-corrected chi connectivity index (χ2v) is 4.23. The number of alkyl halides is 1. The molecule has 14 heavy (non-hydrogen) atoms. The molecule has 0 bridgehead atoms. The van der Waals surface area contributed by atoms with Crippen LogP contribution >= 0.6 is 11.6 Å². The second kappa shape index (κ2) is 6.65. The van der Waals surface area contributed by atoms with Gasteiger partial charge in [0.2, 0.25) is 0 Å². The molecular weight excluding hydrogens is 200 g/mol. The average molecular weight is 221 g/mol. The zero-order chi connectivity index (χ0) is 10.4. The van der Waals surface area contributed by atoms with Crippen LogP contribution in [0.2, 0.25) is 0 Å². The van der Waals surface area contributed by atoms with E-state index in [4.69, 9.17) is 21.1 Å². The van der Waals surface area contributed by atoms with E-state index in [0.29, 0.717) is 18.4 Å². The zero-order valence-electron chi connectivity index (χ0n) is 9.17. The molecule has 0 unspecified atom stereocenters. The van der Waals surface area contributed by atoms with Gasteiger partial charge in [0, 0.05) is 5.92 Å². The molecule has 84 valence electrons. The van der Waals surface area contributed by atoms with Crippen molar-refractivity contribution < 1.29 is 9.47 Å². The maximum atomic E-state index is 5.72. The van der Waals surface area contributed by atoms with E-state index in [1.807, 2.05) is 0 Å². The minimum Gasteiger partial charge on any atom is -0.350 e. The topological polar surface area (TPSA) is 18.5 Å². The van der Waals surface area contributed by atoms with Gasteiger partial charge in [0.1, 0.15) is 0 Å². The highest BCUT2D eigenvalue weighted by Crippen LogP contribution is 2.26. The first kappa shape index (κ1) is 12.3. The Labute approximate surface area is 91.9 Å². The first-order chi connectivity index (χ1) is 6.81. The molecule has 0 aromatic rings. The van der Waals surface area contributed by atoms with Crippen LogP contribution in [0.4, 0.5) is 0 Å². The van der Waals surface area contributed by atoms with Crippen LogP contribution < -0.4 is 0 Å². The van der Waals surface area contributed by atoms with Crippen LogP contribution in [-0.4, -0.2) is 24.9 Å². The molecule has 0 amide bonds. The first-order valence-electron chi connectivity index (χ1n) is 5.64. The number of halogens is 1. The summed E-state index contributed by atoms with van der Waals surface area (Å²) in [5.41, 5.74) is 0. The fourth-order valence-corrected chi connectivity index (χ4v) is 1.96. The van der Waals surface area contributed by atoms with Crippen molar-refractivity contribution in [3.63, 3.8) is 0 Å². The predicted octanol–water partition coefficient (Wildman–Crippen LogP) is 3.18. The van der Waals surface area contributed by atoms with Crippen molar-refractivity contribution in [2.24, 2.45) is 5.92 Å². The van der Waals surface area contributed by atoms with E-state index in [1.54, 1.807) is 0 Å². The molecule has 3 atom stereocenters. The molecule has 0 aromatic carbocycles. The predicted molar refractivity (Wildman–Crippen MR) is 58.6 cm³/mol. The highest BCUT2D eigenvalue weighted by atomic mass is 35.5. The minimum absolute atomic E-state index is 0.00435. The third-order valence-corrected chi connectivity index (χ3v) is 3.13. The van der Waals surface area contributed by atoms with Crippen molar-refractivity contribution in [1.29, 1.82) is 0 Å². The summed E-state index contributed by atoms with van der Waals surface area (Å²) in [6.07, 6.45) is 4.93. The zero-order valence-corrected chi connectivity index (χ0v) is 9.93. The molecule has 0 spiro atoms. The Kier molecular flexibility index (Phi) is 5.83. The lowest BCUT2D eigenvalue weighted by atomic mass is 9.99. The summed E-state index contributed by atoms with van der Waals surface area (Å²) in [4.78, 5) is 0. The van der Waals surface area contributed by atoms with E-state index < -0.39 is 0 Å². The quantitative estimate of drug-likeness (QED) is 0.641. The van der Waals surface area contributed by atoms with E-state index in [9.17, 15) is 0 Å². The SMILES string of the molecule is CCCC[C@@H](CC)[C@H]1OC[C@H](CCl)O1. The van der Waals surface area contributed by atoms with E-state index in [2.05, 4.69) is 13.8 Å². The van der Waals surface area contributed by atoms with Crippen molar-refractivity contribution in [3.05, 3.63) is 0 Å². The van der Waals surface area contributed by atoms with Crippen molar-refractivity contribution in [2.75, 3.05) is 12.5 Å². The Bertz CT molecular complexity index is 152. The van der Waals surface area contributed by atoms with Gasteiger partial charge in [-0.1, -0.05) is 26.7 Å². The summed E-state index contributed by atoms with van der Waals surface area (Å²) >= 11 is 5.72. The smallest absolute Gasteiger partial charge is 0.161 e. The van der Waals surface area contributed by atoms with Crippen LogP contribution in [0.1, 0.15) is 39.5 Å². The molecule has 1 aliphatic rings. The summed E-state index contributed by atoms with van der Waals surface area (Å²) in [5.74, 6) is 1.09. The van der Waals surface area contributed by atoms with E-state index >= 15 is 0 Å². The van der Waals surface area contributed by atoms with Gasteiger partial charge in [0.25, 0.3) is 0 Å². The van der Waals surface area contributed by atoms with Gasteiger partial charge in [-0.2, -0.15) is 0 Å². The number of unbranched alkanes of at least 4 members (excludes halogenated alkanes) is 1. The summed E-state index contributed by atoms with van der Waals surface area (Å²) in [5, 5.41) is 0. The Morgan fingerprint density at radius 3 is 2.71 bits per heavy atom. The van der Waals surface area contributed by atoms with Crippen LogP contribution in [0.5, 0.6) is 0 Å². The largest absolute Gasteiger partial charge is 0.350 e. The number of hydrogen-bond donors (Lipinski definition) is 0. The van der Waals surface area contributed by atoms with Gasteiger partial charge in [0.15, 0.2) is 6.29 Å². The monoisotopic (exact) mass is 220 g/mol. The maximum absolute atomic E-state index is 5.72. The minimum atomic E-state index is -0.00435. The fraction of sp³-hybridized carbons (Fsp3) is 1.00. The molecule has 0 N–H and O–H groups in total. The molecule has 2 nitrogen and oxygen atoms in total. The third-order valence-electron chi connectivity index (χ3n) is 2.78. The molecule has 3 heteroatoms. The van der Waals surface area contributed by atoms with Crippen molar-refractivity contribution in [2.45, 2.75) is 51.9 Å². The Hall–Kier alpha value is 0.210. The number of hydrogen-bond acceptors (Lipinski definition) is 2. The molecule has 1 saturated heterocycles. The number of ether oxygens (including phenoxy) is 2. The summed E-state index contributed by atoms with van der Waals surface area (Å²) in [6, 6.07) is 0. The van der Waals surface area contributed by atoms with Crippen molar-refractivity contribution >= 4 is 11.6 Å². The van der Waals surface area contributed by atoms with Crippen LogP contribution in [0.3, 0.4) is 0 Å². The molecule has 0 radical (unpaired) electrons. The molecule has 0 aromatic heterocycles. The van der Waals surface area contributed by atoms with Crippen molar-refractivity contribution in [1.82, 2.24) is 0 Å². The summed E-state index contributed by atoms with van der Waals surface area (Å²) < 4.78 is 11.3. The lowest BCUT2D eigenvalue weighted by Crippen LogP contribution is -2.22. The lowest BCUT2D eigenvalue weighted by Gasteiger charge is -2.20. The Morgan fingerprint density at radius 2 is 2.21 bits per heavy atom. The first-order valence-corrected chi connectivity index (χ1v) is 6.18. The molecule has 1 heterocycles. The fourth-order valence-electron chi connectivity index (χ4n) is 1.80. The normalized spacial score (nSPS) is 29.4. The second-order valence-electron chi connectivity index (χ2n) is 3.92. The molecule has 1 rings (SSSR count). The van der Waals surface area contributed by atoms with E-state index in [1.165, 1.54) is 19.3 Å². The third kappa shape index (κ3) is 3.41. The van der Waals surface area contributed by atoms with Gasteiger partial charge >= 0.3 is 0 Å². The van der Waals surface area contributed by atoms with Gasteiger partial charge < -0.3 is 9.47 Å². The molecule has 1 fully saturated rings. The average Bonchev–Trinajstić information content (AvgIpc) is 2.68. The lowest BCUT2D eigenvalue weighted by molar-refractivity contribution is -0.0969. The molecule has 1 aliphatic heterocycles. The van der Waals surface area contributed by atoms with Crippen LogP contribution in [0.25, 0.3) is 0 Å². The van der Waals surface area contributed by atoms with Crippen LogP contribution in [0, 0.1) is 5.92 Å². The Balaban J connectivity index is 2.30. The standard InChI is InChI=1S/C11H21ClO2/c1-3-5-6-9(4-2)11-13-8-10(7-12)14-11/h9-11H,3-8H2,1-2H3/t9-,10+,11+/m1/s1. The molecular formula is C11H21ClO2. The summed E-state index contributed by atoms with van der Waals surface area (Å²) in [6.45, 7) is 5.07. The van der Waals surface area contributed by atoms with Gasteiger partial charge in [0.05, 0.1) is 18.6 Å². The summed E-state index contributed by atoms with van der Waals surface area (Å²) in [7, 11) is 0.